The van der Waals surface area contributed by atoms with E-state index in [0.717, 1.165) is 17.5 Å². The summed E-state index contributed by atoms with van der Waals surface area (Å²) < 4.78 is 5.06. The predicted octanol–water partition coefficient (Wildman–Crippen LogP) is 3.83. The number of fused-ring (bicyclic) bond motifs is 1. The minimum atomic E-state index is 0.0317. The number of benzene rings is 1. The third-order valence-corrected chi connectivity index (χ3v) is 4.19. The Morgan fingerprint density at radius 3 is 2.91 bits per heavy atom. The Balaban J connectivity index is 1.66. The molecule has 3 heteroatoms. The summed E-state index contributed by atoms with van der Waals surface area (Å²) in [5.74, 6) is 0.0317. The molecule has 0 N–H and O–H groups in total. The maximum absolute atomic E-state index is 12.3. The van der Waals surface area contributed by atoms with Crippen molar-refractivity contribution in [3.8, 4) is 0 Å². The molecule has 1 heterocycles. The molecule has 1 aromatic carbocycles. The van der Waals surface area contributed by atoms with Crippen molar-refractivity contribution in [1.29, 1.82) is 0 Å². The van der Waals surface area contributed by atoms with Gasteiger partial charge in [-0.15, -0.1) is 0 Å². The lowest BCUT2D eigenvalue weighted by molar-refractivity contribution is -0.126. The Morgan fingerprint density at radius 2 is 2.14 bits per heavy atom. The summed E-state index contributed by atoms with van der Waals surface area (Å²) in [7, 11) is 0. The van der Waals surface area contributed by atoms with Gasteiger partial charge in [0.2, 0.25) is 5.91 Å². The summed E-state index contributed by atoms with van der Waals surface area (Å²) in [4.78, 5) is 14.1. The highest BCUT2D eigenvalue weighted by Crippen LogP contribution is 2.23. The largest absolute Gasteiger partial charge is 0.472 e. The molecular weight excluding hydrogens is 274 g/mol. The minimum absolute atomic E-state index is 0.0317. The van der Waals surface area contributed by atoms with E-state index < -0.39 is 0 Å². The zero-order chi connectivity index (χ0) is 15.4. The van der Waals surface area contributed by atoms with E-state index >= 15 is 0 Å². The average Bonchev–Trinajstić information content (AvgIpc) is 3.20. The maximum atomic E-state index is 12.3. The van der Waals surface area contributed by atoms with Crippen LogP contribution < -0.4 is 0 Å². The van der Waals surface area contributed by atoms with E-state index in [0.29, 0.717) is 13.1 Å². The number of aryl methyl sites for hydroxylation is 2. The molecule has 114 valence electrons. The van der Waals surface area contributed by atoms with Crippen molar-refractivity contribution in [2.45, 2.75) is 32.7 Å². The van der Waals surface area contributed by atoms with Crippen LogP contribution in [0.1, 0.15) is 35.6 Å². The van der Waals surface area contributed by atoms with Gasteiger partial charge in [0.15, 0.2) is 0 Å². The third-order valence-electron chi connectivity index (χ3n) is 4.19. The summed E-state index contributed by atoms with van der Waals surface area (Å²) >= 11 is 0. The maximum Gasteiger partial charge on any atom is 0.246 e. The van der Waals surface area contributed by atoms with Crippen LogP contribution in [0.2, 0.25) is 0 Å². The average molecular weight is 295 g/mol. The van der Waals surface area contributed by atoms with E-state index in [-0.39, 0.29) is 5.91 Å². The van der Waals surface area contributed by atoms with Gasteiger partial charge in [-0.3, -0.25) is 4.79 Å². The molecule has 0 atom stereocenters. The zero-order valence-electron chi connectivity index (χ0n) is 12.9. The van der Waals surface area contributed by atoms with Crippen molar-refractivity contribution >= 4 is 12.0 Å². The van der Waals surface area contributed by atoms with Gasteiger partial charge in [-0.2, -0.15) is 0 Å². The fourth-order valence-corrected chi connectivity index (χ4v) is 2.92. The van der Waals surface area contributed by atoms with Crippen LogP contribution in [0.4, 0.5) is 0 Å². The Bertz CT molecular complexity index is 671. The molecule has 1 aromatic heterocycles. The molecule has 1 amide bonds. The molecule has 1 aliphatic carbocycles. The molecule has 0 bridgehead atoms. The number of rotatable bonds is 5. The van der Waals surface area contributed by atoms with Crippen molar-refractivity contribution in [2.24, 2.45) is 0 Å². The van der Waals surface area contributed by atoms with E-state index in [4.69, 9.17) is 4.42 Å². The number of hydrogen-bond donors (Lipinski definition) is 0. The Labute approximate surface area is 131 Å². The number of carbonyl (C=O) groups excluding carboxylic acids is 1. The highest BCUT2D eigenvalue weighted by Gasteiger charge is 2.11. The van der Waals surface area contributed by atoms with Crippen LogP contribution >= 0.6 is 0 Å². The topological polar surface area (TPSA) is 33.5 Å². The fourth-order valence-electron chi connectivity index (χ4n) is 2.92. The van der Waals surface area contributed by atoms with Crippen LogP contribution in [0.3, 0.4) is 0 Å². The predicted molar refractivity (Wildman–Crippen MR) is 87.3 cm³/mol. The van der Waals surface area contributed by atoms with Crippen molar-refractivity contribution in [2.75, 3.05) is 6.54 Å². The van der Waals surface area contributed by atoms with E-state index in [1.165, 1.54) is 24.0 Å². The van der Waals surface area contributed by atoms with Crippen molar-refractivity contribution in [3.05, 3.63) is 65.1 Å². The number of hydrogen-bond acceptors (Lipinski definition) is 2. The van der Waals surface area contributed by atoms with Crippen molar-refractivity contribution < 1.29 is 9.21 Å². The van der Waals surface area contributed by atoms with E-state index in [9.17, 15) is 4.79 Å². The summed E-state index contributed by atoms with van der Waals surface area (Å²) in [5, 5.41) is 0. The quantitative estimate of drug-likeness (QED) is 0.785. The van der Waals surface area contributed by atoms with Gasteiger partial charge in [0.1, 0.15) is 0 Å². The van der Waals surface area contributed by atoms with Gasteiger partial charge in [-0.1, -0.05) is 18.2 Å². The number of furan rings is 1. The van der Waals surface area contributed by atoms with Gasteiger partial charge in [-0.25, -0.2) is 0 Å². The van der Waals surface area contributed by atoms with Crippen LogP contribution in [0.15, 0.2) is 47.3 Å². The summed E-state index contributed by atoms with van der Waals surface area (Å²) in [6, 6.07) is 8.38. The summed E-state index contributed by atoms with van der Waals surface area (Å²) in [6.07, 6.45) is 10.5. The Morgan fingerprint density at radius 1 is 1.27 bits per heavy atom. The van der Waals surface area contributed by atoms with Crippen LogP contribution in [-0.4, -0.2) is 17.4 Å². The summed E-state index contributed by atoms with van der Waals surface area (Å²) in [5.41, 5.74) is 5.01. The number of amides is 1. The van der Waals surface area contributed by atoms with Crippen LogP contribution in [0.25, 0.3) is 6.08 Å². The smallest absolute Gasteiger partial charge is 0.246 e. The Kier molecular flexibility index (Phi) is 4.42. The molecule has 0 aliphatic heterocycles. The first-order valence-corrected chi connectivity index (χ1v) is 7.86. The van der Waals surface area contributed by atoms with Crippen molar-refractivity contribution in [3.63, 3.8) is 0 Å². The molecule has 0 saturated heterocycles. The van der Waals surface area contributed by atoms with E-state index in [1.807, 2.05) is 19.1 Å². The van der Waals surface area contributed by atoms with E-state index in [1.54, 1.807) is 23.5 Å². The van der Waals surface area contributed by atoms with Gasteiger partial charge in [0.05, 0.1) is 12.5 Å². The van der Waals surface area contributed by atoms with Gasteiger partial charge in [0, 0.05) is 24.7 Å². The molecule has 3 rings (SSSR count). The number of likely N-dealkylation sites (N-methyl/N-ethyl adjacent to an activating group) is 1. The SMILES string of the molecule is CCN(Cc1ccoc1)C(=O)/C=C/c1ccc2c(c1)CCC2. The molecule has 0 fully saturated rings. The normalized spacial score (nSPS) is 13.5. The standard InChI is InChI=1S/C19H21NO2/c1-2-20(13-16-10-11-22-14-16)19(21)9-7-15-6-8-17-4-3-5-18(17)12-15/h6-12,14H,2-5,13H2,1H3/b9-7+. The first-order chi connectivity index (χ1) is 10.8. The second-order valence-corrected chi connectivity index (χ2v) is 5.70. The van der Waals surface area contributed by atoms with Crippen LogP contribution in [-0.2, 0) is 24.2 Å². The first-order valence-electron chi connectivity index (χ1n) is 7.86. The minimum Gasteiger partial charge on any atom is -0.472 e. The molecular formula is C19H21NO2. The first kappa shape index (κ1) is 14.6. The van der Waals surface area contributed by atoms with Gasteiger partial charge < -0.3 is 9.32 Å². The monoisotopic (exact) mass is 295 g/mol. The molecule has 0 spiro atoms. The van der Waals surface area contributed by atoms with Crippen LogP contribution in [0, 0.1) is 0 Å². The lowest BCUT2D eigenvalue weighted by atomic mass is 10.1. The summed E-state index contributed by atoms with van der Waals surface area (Å²) in [6.45, 7) is 3.25. The van der Waals surface area contributed by atoms with Gasteiger partial charge in [-0.05, 0) is 55.0 Å². The lowest BCUT2D eigenvalue weighted by Crippen LogP contribution is -2.28. The molecule has 2 aromatic rings. The van der Waals surface area contributed by atoms with Gasteiger partial charge >= 0.3 is 0 Å². The second kappa shape index (κ2) is 6.65. The molecule has 3 nitrogen and oxygen atoms in total. The Hall–Kier alpha value is -2.29. The number of nitrogens with zero attached hydrogens (tertiary/aromatic N) is 1. The highest BCUT2D eigenvalue weighted by atomic mass is 16.3. The third kappa shape index (κ3) is 3.30. The molecule has 1 aliphatic rings. The van der Waals surface area contributed by atoms with Gasteiger partial charge in [0.25, 0.3) is 0 Å². The highest BCUT2D eigenvalue weighted by molar-refractivity contribution is 5.91. The molecule has 0 radical (unpaired) electrons. The fraction of sp³-hybridized carbons (Fsp3) is 0.316. The van der Waals surface area contributed by atoms with Crippen LogP contribution in [0.5, 0.6) is 0 Å². The second-order valence-electron chi connectivity index (χ2n) is 5.70. The van der Waals surface area contributed by atoms with Crippen molar-refractivity contribution in [1.82, 2.24) is 4.90 Å². The molecule has 0 unspecified atom stereocenters. The molecule has 22 heavy (non-hydrogen) atoms. The van der Waals surface area contributed by atoms with E-state index in [2.05, 4.69) is 18.2 Å². The zero-order valence-corrected chi connectivity index (χ0v) is 12.9. The molecule has 0 saturated carbocycles. The number of carbonyl (C=O) groups is 1. The lowest BCUT2D eigenvalue weighted by Gasteiger charge is -2.18.